The van der Waals surface area contributed by atoms with Gasteiger partial charge in [0, 0.05) is 29.7 Å². The van der Waals surface area contributed by atoms with Crippen LogP contribution in [0.5, 0.6) is 0 Å². The van der Waals surface area contributed by atoms with Gasteiger partial charge in [0.2, 0.25) is 0 Å². The number of hydrogen-bond donors (Lipinski definition) is 2. The summed E-state index contributed by atoms with van der Waals surface area (Å²) in [4.78, 5) is 6.22. The van der Waals surface area contributed by atoms with Crippen LogP contribution in [-0.2, 0) is 7.05 Å². The van der Waals surface area contributed by atoms with Crippen LogP contribution >= 0.6 is 11.8 Å². The van der Waals surface area contributed by atoms with Crippen LogP contribution < -0.4 is 5.73 Å². The molecule has 21 heavy (non-hydrogen) atoms. The van der Waals surface area contributed by atoms with Gasteiger partial charge in [0.05, 0.1) is 22.2 Å². The van der Waals surface area contributed by atoms with Crippen molar-refractivity contribution in [2.45, 2.75) is 9.79 Å². The number of rotatable bonds is 3. The molecule has 0 unspecified atom stereocenters. The van der Waals surface area contributed by atoms with Gasteiger partial charge >= 0.3 is 0 Å². The highest BCUT2D eigenvalue weighted by atomic mass is 32.2. The number of para-hydroxylation sites is 1. The van der Waals surface area contributed by atoms with E-state index >= 15 is 0 Å². The van der Waals surface area contributed by atoms with E-state index in [1.165, 1.54) is 11.8 Å². The van der Waals surface area contributed by atoms with Crippen molar-refractivity contribution in [2.75, 3.05) is 0 Å². The van der Waals surface area contributed by atoms with Crippen LogP contribution in [0.2, 0.25) is 0 Å². The lowest BCUT2D eigenvalue weighted by molar-refractivity contribution is 0.318. The van der Waals surface area contributed by atoms with Crippen molar-refractivity contribution in [3.63, 3.8) is 0 Å². The van der Waals surface area contributed by atoms with E-state index in [-0.39, 0.29) is 5.84 Å². The Hall–Kier alpha value is -2.54. The number of aromatic nitrogens is 3. The summed E-state index contributed by atoms with van der Waals surface area (Å²) in [6.45, 7) is 0. The van der Waals surface area contributed by atoms with Crippen molar-refractivity contribution >= 4 is 28.5 Å². The van der Waals surface area contributed by atoms with Crippen LogP contribution in [0.1, 0.15) is 5.56 Å². The number of fused-ring (bicyclic) bond motifs is 1. The fraction of sp³-hybridized carbons (Fsp3) is 0.0714. The summed E-state index contributed by atoms with van der Waals surface area (Å²) >= 11 is 1.51. The van der Waals surface area contributed by atoms with Crippen molar-refractivity contribution in [3.05, 3.63) is 48.4 Å². The van der Waals surface area contributed by atoms with Crippen LogP contribution in [0.15, 0.2) is 57.8 Å². The molecule has 0 bridgehead atoms. The fourth-order valence-electron chi connectivity index (χ4n) is 2.03. The van der Waals surface area contributed by atoms with E-state index < -0.39 is 0 Å². The topological polar surface area (TPSA) is 89.3 Å². The number of amidine groups is 1. The second-order valence-corrected chi connectivity index (χ2v) is 5.54. The van der Waals surface area contributed by atoms with E-state index in [2.05, 4.69) is 15.2 Å². The molecule has 6 nitrogen and oxygen atoms in total. The maximum Gasteiger partial charge on any atom is 0.172 e. The Morgan fingerprint density at radius 3 is 2.86 bits per heavy atom. The van der Waals surface area contributed by atoms with Crippen LogP contribution in [0.3, 0.4) is 0 Å². The lowest BCUT2D eigenvalue weighted by atomic mass is 10.1. The van der Waals surface area contributed by atoms with Gasteiger partial charge in [0.25, 0.3) is 0 Å². The lowest BCUT2D eigenvalue weighted by Crippen LogP contribution is -2.14. The van der Waals surface area contributed by atoms with Crippen LogP contribution in [0, 0.1) is 0 Å². The smallest absolute Gasteiger partial charge is 0.172 e. The molecule has 0 aliphatic rings. The summed E-state index contributed by atoms with van der Waals surface area (Å²) in [5.41, 5.74) is 7.23. The predicted octanol–water partition coefficient (Wildman–Crippen LogP) is 2.21. The van der Waals surface area contributed by atoms with E-state index in [0.29, 0.717) is 5.56 Å². The second kappa shape index (κ2) is 5.45. The highest BCUT2D eigenvalue weighted by molar-refractivity contribution is 7.99. The van der Waals surface area contributed by atoms with Gasteiger partial charge in [-0.3, -0.25) is 9.67 Å². The Morgan fingerprint density at radius 1 is 1.33 bits per heavy atom. The highest BCUT2D eigenvalue weighted by Crippen LogP contribution is 2.35. The summed E-state index contributed by atoms with van der Waals surface area (Å²) in [6.07, 6.45) is 5.31. The van der Waals surface area contributed by atoms with Crippen molar-refractivity contribution in [1.29, 1.82) is 0 Å². The minimum absolute atomic E-state index is 0.0413. The van der Waals surface area contributed by atoms with Crippen molar-refractivity contribution in [3.8, 4) is 0 Å². The van der Waals surface area contributed by atoms with E-state index in [1.54, 1.807) is 17.1 Å². The van der Waals surface area contributed by atoms with Crippen LogP contribution in [0.25, 0.3) is 10.9 Å². The molecule has 3 N–H and O–H groups in total. The summed E-state index contributed by atoms with van der Waals surface area (Å²) in [7, 11) is 1.86. The maximum atomic E-state index is 8.96. The highest BCUT2D eigenvalue weighted by Gasteiger charge is 2.14. The zero-order chi connectivity index (χ0) is 14.8. The fourth-order valence-corrected chi connectivity index (χ4v) is 3.12. The molecular formula is C14H13N5OS. The zero-order valence-corrected chi connectivity index (χ0v) is 12.1. The van der Waals surface area contributed by atoms with Gasteiger partial charge in [-0.2, -0.15) is 5.10 Å². The SMILES string of the molecule is Cn1cc(Sc2c(C(N)=NO)cnc3ccccc23)cn1. The number of oxime groups is 1. The van der Waals surface area contributed by atoms with Crippen molar-refractivity contribution in [1.82, 2.24) is 14.8 Å². The molecule has 0 spiro atoms. The Morgan fingerprint density at radius 2 is 2.14 bits per heavy atom. The van der Waals surface area contributed by atoms with E-state index in [0.717, 1.165) is 20.7 Å². The van der Waals surface area contributed by atoms with Gasteiger partial charge in [-0.05, 0) is 6.07 Å². The van der Waals surface area contributed by atoms with Crippen molar-refractivity contribution < 1.29 is 5.21 Å². The summed E-state index contributed by atoms with van der Waals surface area (Å²) in [5, 5.41) is 17.2. The molecule has 106 valence electrons. The minimum Gasteiger partial charge on any atom is -0.409 e. The predicted molar refractivity (Wildman–Crippen MR) is 81.6 cm³/mol. The molecule has 0 aliphatic carbocycles. The molecule has 0 fully saturated rings. The Bertz CT molecular complexity index is 827. The standard InChI is InChI=1S/C14H13N5OS/c1-19-8-9(6-17-19)21-13-10-4-2-3-5-12(10)16-7-11(13)14(15)18-20/h2-8,20H,1H3,(H2,15,18). The molecule has 0 atom stereocenters. The van der Waals surface area contributed by atoms with Gasteiger partial charge in [-0.25, -0.2) is 0 Å². The molecule has 7 heteroatoms. The Labute approximate surface area is 125 Å². The third-order valence-corrected chi connectivity index (χ3v) is 4.10. The normalized spacial score (nSPS) is 12.0. The molecular weight excluding hydrogens is 286 g/mol. The molecule has 0 saturated carbocycles. The average molecular weight is 299 g/mol. The summed E-state index contributed by atoms with van der Waals surface area (Å²) in [6, 6.07) is 7.76. The van der Waals surface area contributed by atoms with Gasteiger partial charge in [0.15, 0.2) is 5.84 Å². The molecule has 2 aromatic heterocycles. The molecule has 0 aliphatic heterocycles. The lowest BCUT2D eigenvalue weighted by Gasteiger charge is -2.10. The molecule has 1 aromatic carbocycles. The minimum atomic E-state index is 0.0413. The number of pyridine rings is 1. The number of aryl methyl sites for hydroxylation is 1. The maximum absolute atomic E-state index is 8.96. The molecule has 0 amide bonds. The summed E-state index contributed by atoms with van der Waals surface area (Å²) in [5.74, 6) is 0.0413. The molecule has 3 aromatic rings. The number of nitrogens with two attached hydrogens (primary N) is 1. The third kappa shape index (κ3) is 2.55. The largest absolute Gasteiger partial charge is 0.409 e. The molecule has 3 rings (SSSR count). The first kappa shape index (κ1) is 13.4. The first-order chi connectivity index (χ1) is 10.2. The van der Waals surface area contributed by atoms with Crippen LogP contribution in [0.4, 0.5) is 0 Å². The molecule has 0 saturated heterocycles. The monoisotopic (exact) mass is 299 g/mol. The van der Waals surface area contributed by atoms with Gasteiger partial charge in [0.1, 0.15) is 0 Å². The average Bonchev–Trinajstić information content (AvgIpc) is 2.92. The van der Waals surface area contributed by atoms with E-state index in [1.807, 2.05) is 37.5 Å². The first-order valence-corrected chi connectivity index (χ1v) is 7.03. The van der Waals surface area contributed by atoms with Gasteiger partial charge < -0.3 is 10.9 Å². The van der Waals surface area contributed by atoms with E-state index in [9.17, 15) is 0 Å². The Balaban J connectivity index is 2.20. The number of hydrogen-bond acceptors (Lipinski definition) is 5. The summed E-state index contributed by atoms with van der Waals surface area (Å²) < 4.78 is 1.73. The molecule has 2 heterocycles. The van der Waals surface area contributed by atoms with Crippen LogP contribution in [-0.4, -0.2) is 25.8 Å². The number of nitrogens with zero attached hydrogens (tertiary/aromatic N) is 4. The van der Waals surface area contributed by atoms with Gasteiger partial charge in [-0.1, -0.05) is 35.1 Å². The second-order valence-electron chi connectivity index (χ2n) is 4.46. The van der Waals surface area contributed by atoms with E-state index in [4.69, 9.17) is 10.9 Å². The first-order valence-electron chi connectivity index (χ1n) is 6.21. The quantitative estimate of drug-likeness (QED) is 0.335. The Kier molecular flexibility index (Phi) is 3.49. The number of benzene rings is 1. The molecule has 0 radical (unpaired) electrons. The van der Waals surface area contributed by atoms with Gasteiger partial charge in [-0.15, -0.1) is 0 Å². The zero-order valence-electron chi connectivity index (χ0n) is 11.3. The van der Waals surface area contributed by atoms with Crippen molar-refractivity contribution in [2.24, 2.45) is 17.9 Å². The third-order valence-electron chi connectivity index (χ3n) is 3.01.